The molecule has 2 rings (SSSR count). The number of nitrogens with zero attached hydrogens (tertiary/aromatic N) is 3. The summed E-state index contributed by atoms with van der Waals surface area (Å²) in [6, 6.07) is 4.18. The number of hydrogen-bond donors (Lipinski definition) is 2. The van der Waals surface area contributed by atoms with Crippen LogP contribution in [0.1, 0.15) is 44.4 Å². The molecule has 0 saturated carbocycles. The van der Waals surface area contributed by atoms with Crippen molar-refractivity contribution < 1.29 is 8.42 Å². The molecule has 0 unspecified atom stereocenters. The molecule has 2 heterocycles. The smallest absolute Gasteiger partial charge is 0.214 e. The normalized spacial score (nSPS) is 17.3. The number of piperidine rings is 1. The minimum absolute atomic E-state index is 0.228. The zero-order chi connectivity index (χ0) is 19.0. The van der Waals surface area contributed by atoms with E-state index in [9.17, 15) is 8.42 Å². The van der Waals surface area contributed by atoms with Crippen molar-refractivity contribution in [1.29, 1.82) is 0 Å². The molecule has 0 bridgehead atoms. The lowest BCUT2D eigenvalue weighted by Crippen LogP contribution is -2.50. The van der Waals surface area contributed by atoms with E-state index in [-0.39, 0.29) is 11.8 Å². The molecule has 0 radical (unpaired) electrons. The van der Waals surface area contributed by atoms with Gasteiger partial charge in [-0.3, -0.25) is 4.98 Å². The molecule has 1 aromatic heterocycles. The van der Waals surface area contributed by atoms with Gasteiger partial charge in [0.2, 0.25) is 10.0 Å². The standard InChI is InChI=1S/C18H31N5O2S/c1-4-13-26(24,25)23-11-8-16(9-12-23)22-18(19-5-2)21-14-17-15(3)7-6-10-20-17/h6-7,10,16H,4-5,8-9,11-14H2,1-3H3,(H2,19,21,22). The molecule has 7 nitrogen and oxygen atoms in total. The summed E-state index contributed by atoms with van der Waals surface area (Å²) in [6.07, 6.45) is 4.02. The molecule has 1 aromatic rings. The predicted molar refractivity (Wildman–Crippen MR) is 106 cm³/mol. The lowest BCUT2D eigenvalue weighted by molar-refractivity contribution is 0.306. The minimum atomic E-state index is -3.10. The monoisotopic (exact) mass is 381 g/mol. The van der Waals surface area contributed by atoms with Gasteiger partial charge in [0.05, 0.1) is 18.0 Å². The highest BCUT2D eigenvalue weighted by atomic mass is 32.2. The summed E-state index contributed by atoms with van der Waals surface area (Å²) in [5.74, 6) is 0.992. The van der Waals surface area contributed by atoms with E-state index in [1.165, 1.54) is 0 Å². The summed E-state index contributed by atoms with van der Waals surface area (Å²) in [4.78, 5) is 9.01. The maximum absolute atomic E-state index is 12.2. The van der Waals surface area contributed by atoms with Crippen LogP contribution >= 0.6 is 0 Å². The number of aryl methyl sites for hydroxylation is 1. The third-order valence-electron chi connectivity index (χ3n) is 4.50. The first-order valence-electron chi connectivity index (χ1n) is 9.39. The molecule has 0 amide bonds. The second-order valence-corrected chi connectivity index (χ2v) is 8.68. The van der Waals surface area contributed by atoms with Crippen LogP contribution in [-0.2, 0) is 16.6 Å². The SMILES string of the molecule is CCCS(=O)(=O)N1CCC(NC(=NCc2ncccc2C)NCC)CC1. The van der Waals surface area contributed by atoms with Crippen molar-refractivity contribution in [3.63, 3.8) is 0 Å². The van der Waals surface area contributed by atoms with Crippen LogP contribution in [0.25, 0.3) is 0 Å². The van der Waals surface area contributed by atoms with Crippen LogP contribution in [0.3, 0.4) is 0 Å². The van der Waals surface area contributed by atoms with Gasteiger partial charge in [0.15, 0.2) is 5.96 Å². The second-order valence-electron chi connectivity index (χ2n) is 6.60. The van der Waals surface area contributed by atoms with E-state index in [1.807, 2.05) is 32.9 Å². The molecule has 0 spiro atoms. The largest absolute Gasteiger partial charge is 0.357 e. The van der Waals surface area contributed by atoms with Gasteiger partial charge in [-0.05, 0) is 44.7 Å². The Kier molecular flexibility index (Phi) is 7.84. The number of guanidine groups is 1. The number of sulfonamides is 1. The minimum Gasteiger partial charge on any atom is -0.357 e. The van der Waals surface area contributed by atoms with Crippen LogP contribution in [0.15, 0.2) is 23.3 Å². The predicted octanol–water partition coefficient (Wildman–Crippen LogP) is 1.65. The summed E-state index contributed by atoms with van der Waals surface area (Å²) >= 11 is 0. The Morgan fingerprint density at radius 1 is 1.35 bits per heavy atom. The molecular weight excluding hydrogens is 350 g/mol. The van der Waals surface area contributed by atoms with E-state index in [0.717, 1.165) is 36.6 Å². The molecule has 2 N–H and O–H groups in total. The van der Waals surface area contributed by atoms with Crippen molar-refractivity contribution in [2.24, 2.45) is 4.99 Å². The molecule has 1 fully saturated rings. The summed E-state index contributed by atoms with van der Waals surface area (Å²) < 4.78 is 26.0. The van der Waals surface area contributed by atoms with Crippen LogP contribution in [0.4, 0.5) is 0 Å². The zero-order valence-electron chi connectivity index (χ0n) is 16.0. The van der Waals surface area contributed by atoms with Crippen LogP contribution in [0, 0.1) is 6.92 Å². The number of rotatable bonds is 7. The van der Waals surface area contributed by atoms with Crippen molar-refractivity contribution in [1.82, 2.24) is 19.9 Å². The lowest BCUT2D eigenvalue weighted by atomic mass is 10.1. The molecule has 1 aliphatic heterocycles. The molecule has 0 aliphatic carbocycles. The van der Waals surface area contributed by atoms with E-state index in [0.29, 0.717) is 26.1 Å². The lowest BCUT2D eigenvalue weighted by Gasteiger charge is -2.32. The Morgan fingerprint density at radius 2 is 2.08 bits per heavy atom. The van der Waals surface area contributed by atoms with E-state index in [4.69, 9.17) is 0 Å². The van der Waals surface area contributed by atoms with Crippen LogP contribution in [0.2, 0.25) is 0 Å². The molecule has 26 heavy (non-hydrogen) atoms. The van der Waals surface area contributed by atoms with Gasteiger partial charge in [-0.15, -0.1) is 0 Å². The Bertz CT molecular complexity index is 697. The first kappa shape index (κ1) is 20.6. The van der Waals surface area contributed by atoms with E-state index in [1.54, 1.807) is 10.5 Å². The first-order chi connectivity index (χ1) is 12.5. The second kappa shape index (κ2) is 9.87. The molecule has 1 aliphatic rings. The van der Waals surface area contributed by atoms with Gasteiger partial charge >= 0.3 is 0 Å². The Labute approximate surface area is 157 Å². The molecule has 0 atom stereocenters. The number of pyridine rings is 1. The molecule has 1 saturated heterocycles. The van der Waals surface area contributed by atoms with Crippen molar-refractivity contribution in [3.8, 4) is 0 Å². The van der Waals surface area contributed by atoms with Gasteiger partial charge in [-0.25, -0.2) is 17.7 Å². The van der Waals surface area contributed by atoms with Crippen LogP contribution in [0.5, 0.6) is 0 Å². The van der Waals surface area contributed by atoms with Gasteiger partial charge in [0.25, 0.3) is 0 Å². The van der Waals surface area contributed by atoms with E-state index in [2.05, 4.69) is 20.6 Å². The molecule has 8 heteroatoms. The summed E-state index contributed by atoms with van der Waals surface area (Å²) in [5.41, 5.74) is 2.09. The average Bonchev–Trinajstić information content (AvgIpc) is 2.61. The van der Waals surface area contributed by atoms with Gasteiger partial charge < -0.3 is 10.6 Å². The number of hydrogen-bond acceptors (Lipinski definition) is 4. The fourth-order valence-corrected chi connectivity index (χ4v) is 4.56. The fourth-order valence-electron chi connectivity index (χ4n) is 3.02. The Balaban J connectivity index is 1.92. The van der Waals surface area contributed by atoms with Gasteiger partial charge in [-0.2, -0.15) is 0 Å². The zero-order valence-corrected chi connectivity index (χ0v) is 16.8. The van der Waals surface area contributed by atoms with Crippen molar-refractivity contribution >= 4 is 16.0 Å². The quantitative estimate of drug-likeness (QED) is 0.554. The van der Waals surface area contributed by atoms with E-state index < -0.39 is 10.0 Å². The van der Waals surface area contributed by atoms with Crippen molar-refractivity contribution in [3.05, 3.63) is 29.6 Å². The van der Waals surface area contributed by atoms with Crippen molar-refractivity contribution in [2.75, 3.05) is 25.4 Å². The highest BCUT2D eigenvalue weighted by Gasteiger charge is 2.27. The number of nitrogens with one attached hydrogen (secondary N) is 2. The van der Waals surface area contributed by atoms with E-state index >= 15 is 0 Å². The fraction of sp³-hybridized carbons (Fsp3) is 0.667. The third kappa shape index (κ3) is 5.95. The van der Waals surface area contributed by atoms with Crippen LogP contribution < -0.4 is 10.6 Å². The molecule has 0 aromatic carbocycles. The summed E-state index contributed by atoms with van der Waals surface area (Å²) in [7, 11) is -3.10. The Hall–Kier alpha value is -1.67. The van der Waals surface area contributed by atoms with Gasteiger partial charge in [-0.1, -0.05) is 13.0 Å². The highest BCUT2D eigenvalue weighted by Crippen LogP contribution is 2.15. The van der Waals surface area contributed by atoms with Gasteiger partial charge in [0, 0.05) is 31.9 Å². The number of aliphatic imine (C=N–C) groups is 1. The first-order valence-corrected chi connectivity index (χ1v) is 11.0. The number of aromatic nitrogens is 1. The maximum Gasteiger partial charge on any atom is 0.214 e. The van der Waals surface area contributed by atoms with Crippen LogP contribution in [-0.4, -0.2) is 55.1 Å². The molecular formula is C18H31N5O2S. The van der Waals surface area contributed by atoms with Gasteiger partial charge in [0.1, 0.15) is 0 Å². The topological polar surface area (TPSA) is 86.7 Å². The third-order valence-corrected chi connectivity index (χ3v) is 6.58. The highest BCUT2D eigenvalue weighted by molar-refractivity contribution is 7.89. The van der Waals surface area contributed by atoms with Crippen molar-refractivity contribution in [2.45, 2.75) is 52.6 Å². The summed E-state index contributed by atoms with van der Waals surface area (Å²) in [6.45, 7) is 8.39. The maximum atomic E-state index is 12.2. The molecule has 146 valence electrons. The average molecular weight is 382 g/mol. The Morgan fingerprint density at radius 3 is 2.69 bits per heavy atom. The summed E-state index contributed by atoms with van der Waals surface area (Å²) in [5, 5.41) is 6.70.